The van der Waals surface area contributed by atoms with E-state index in [0.717, 1.165) is 42.5 Å². The molecule has 3 N–H and O–H groups in total. The summed E-state index contributed by atoms with van der Waals surface area (Å²) in [6, 6.07) is 4.35. The number of alkyl halides is 6. The second-order valence-electron chi connectivity index (χ2n) is 9.30. The first-order chi connectivity index (χ1) is 19.6. The van der Waals surface area contributed by atoms with Crippen molar-refractivity contribution in [1.82, 2.24) is 4.90 Å². The zero-order valence-electron chi connectivity index (χ0n) is 22.6. The van der Waals surface area contributed by atoms with Crippen molar-refractivity contribution >= 4 is 34.7 Å². The second kappa shape index (κ2) is 13.1. The molecular weight excluding hydrogens is 571 g/mol. The second-order valence-corrected chi connectivity index (χ2v) is 9.30. The molecule has 0 aromatic heterocycles. The summed E-state index contributed by atoms with van der Waals surface area (Å²) in [5, 5.41) is 6.40. The molecule has 2 aromatic rings. The zero-order valence-corrected chi connectivity index (χ0v) is 22.6. The van der Waals surface area contributed by atoms with Gasteiger partial charge in [0.1, 0.15) is 5.83 Å². The summed E-state index contributed by atoms with van der Waals surface area (Å²) >= 11 is 0. The largest absolute Gasteiger partial charge is 0.418 e. The summed E-state index contributed by atoms with van der Waals surface area (Å²) in [6.45, 7) is 6.79. The summed E-state index contributed by atoms with van der Waals surface area (Å²) in [5.74, 6) is -2.16. The Morgan fingerprint density at radius 3 is 2.10 bits per heavy atom. The Balaban J connectivity index is 1.84. The van der Waals surface area contributed by atoms with Gasteiger partial charge < -0.3 is 25.8 Å². The van der Waals surface area contributed by atoms with Gasteiger partial charge in [0.25, 0.3) is 5.91 Å². The molecule has 1 saturated heterocycles. The van der Waals surface area contributed by atoms with E-state index in [4.69, 9.17) is 0 Å². The third-order valence-corrected chi connectivity index (χ3v) is 6.24. The van der Waals surface area contributed by atoms with Crippen molar-refractivity contribution in [3.05, 3.63) is 83.7 Å². The van der Waals surface area contributed by atoms with Crippen LogP contribution in [0.3, 0.4) is 0 Å². The maximum absolute atomic E-state index is 14.0. The van der Waals surface area contributed by atoms with E-state index in [1.54, 1.807) is 4.90 Å². The van der Waals surface area contributed by atoms with E-state index in [1.807, 2.05) is 17.3 Å². The molecule has 2 aromatic carbocycles. The molecule has 7 nitrogen and oxygen atoms in total. The minimum Gasteiger partial charge on any atom is -0.369 e. The maximum atomic E-state index is 14.0. The van der Waals surface area contributed by atoms with E-state index in [0.29, 0.717) is 32.2 Å². The number of allylic oxidation sites excluding steroid dienone is 3. The van der Waals surface area contributed by atoms with Gasteiger partial charge in [-0.25, -0.2) is 9.18 Å². The van der Waals surface area contributed by atoms with Gasteiger partial charge in [0.15, 0.2) is 0 Å². The number of urea groups is 1. The number of rotatable bonds is 7. The summed E-state index contributed by atoms with van der Waals surface area (Å²) in [5.41, 5.74) is -4.00. The minimum absolute atomic E-state index is 0.219. The smallest absolute Gasteiger partial charge is 0.369 e. The van der Waals surface area contributed by atoms with Crippen LogP contribution in [0.25, 0.3) is 0 Å². The van der Waals surface area contributed by atoms with Gasteiger partial charge in [-0.2, -0.15) is 26.3 Å². The lowest BCUT2D eigenvalue weighted by Gasteiger charge is -2.34. The third-order valence-electron chi connectivity index (χ3n) is 6.24. The van der Waals surface area contributed by atoms with Crippen LogP contribution in [0, 0.1) is 0 Å². The van der Waals surface area contributed by atoms with Crippen LogP contribution in [0.15, 0.2) is 72.6 Å². The third kappa shape index (κ3) is 8.35. The summed E-state index contributed by atoms with van der Waals surface area (Å²) in [7, 11) is 1.88. The van der Waals surface area contributed by atoms with Crippen LogP contribution in [-0.4, -0.2) is 50.1 Å². The number of hydrogen-bond acceptors (Lipinski definition) is 4. The lowest BCUT2D eigenvalue weighted by molar-refractivity contribution is -0.138. The number of nitrogens with zero attached hydrogens (tertiary/aromatic N) is 2. The Hall–Kier alpha value is -4.33. The quantitative estimate of drug-likeness (QED) is 0.181. The van der Waals surface area contributed by atoms with Gasteiger partial charge in [0.05, 0.1) is 22.4 Å². The van der Waals surface area contributed by atoms with Crippen LogP contribution in [0.1, 0.15) is 18.1 Å². The molecule has 226 valence electrons. The van der Waals surface area contributed by atoms with E-state index < -0.39 is 52.5 Å². The van der Waals surface area contributed by atoms with E-state index in [9.17, 15) is 40.3 Å². The van der Waals surface area contributed by atoms with Crippen molar-refractivity contribution in [2.45, 2.75) is 19.3 Å². The molecule has 0 spiro atoms. The molecule has 0 aliphatic carbocycles. The number of amides is 3. The van der Waals surface area contributed by atoms with Crippen LogP contribution in [0.5, 0.6) is 0 Å². The number of nitrogens with one attached hydrogen (secondary N) is 3. The standard InChI is InChI=1S/C28H28F7N5O2/c1-4-6-21(23(29)5-2)25(41)38-24-8-7-18(16-22(24)28(33,34)35)36-26(42)37-19-13-17(27(30,31)32)14-20(15-19)40-11-9-39(3)10-12-40/h4-8,13-16H,1,9-12H2,2-3H3,(H,38,41)(H2,36,37,42)/b21-6+,23-5+. The molecule has 0 atom stereocenters. The van der Waals surface area contributed by atoms with Crippen molar-refractivity contribution in [1.29, 1.82) is 0 Å². The number of carbonyl (C=O) groups is 2. The number of hydrogen-bond donors (Lipinski definition) is 3. The highest BCUT2D eigenvalue weighted by molar-refractivity contribution is 6.07. The Morgan fingerprint density at radius 1 is 0.881 bits per heavy atom. The lowest BCUT2D eigenvalue weighted by Crippen LogP contribution is -2.44. The predicted molar refractivity (Wildman–Crippen MR) is 147 cm³/mol. The highest BCUT2D eigenvalue weighted by atomic mass is 19.4. The molecule has 1 heterocycles. The Labute approximate surface area is 237 Å². The van der Waals surface area contributed by atoms with Gasteiger partial charge in [0.2, 0.25) is 0 Å². The first kappa shape index (κ1) is 32.2. The van der Waals surface area contributed by atoms with Crippen molar-refractivity contribution in [3.8, 4) is 0 Å². The van der Waals surface area contributed by atoms with Gasteiger partial charge in [0, 0.05) is 43.2 Å². The highest BCUT2D eigenvalue weighted by Crippen LogP contribution is 2.38. The topological polar surface area (TPSA) is 76.7 Å². The SMILES string of the molecule is C=C/C=C(C(=O)Nc1ccc(NC(=O)Nc2cc(N3CCN(C)CC3)cc(C(F)(F)F)c2)cc1C(F)(F)F)\C(F)=C/C. The van der Waals surface area contributed by atoms with Crippen molar-refractivity contribution in [2.24, 2.45) is 0 Å². The number of likely N-dealkylation sites (N-methyl/N-ethyl adjacent to an activating group) is 1. The summed E-state index contributed by atoms with van der Waals surface area (Å²) in [6.07, 6.45) is -6.69. The van der Waals surface area contributed by atoms with E-state index in [1.165, 1.54) is 13.0 Å². The number of carbonyl (C=O) groups excluding carboxylic acids is 2. The van der Waals surface area contributed by atoms with Gasteiger partial charge in [-0.15, -0.1) is 0 Å². The highest BCUT2D eigenvalue weighted by Gasteiger charge is 2.35. The number of benzene rings is 2. The first-order valence-corrected chi connectivity index (χ1v) is 12.5. The number of halogens is 7. The van der Waals surface area contributed by atoms with Crippen molar-refractivity contribution < 1.29 is 40.3 Å². The summed E-state index contributed by atoms with van der Waals surface area (Å²) < 4.78 is 96.3. The van der Waals surface area contributed by atoms with Crippen molar-refractivity contribution in [3.63, 3.8) is 0 Å². The summed E-state index contributed by atoms with van der Waals surface area (Å²) in [4.78, 5) is 28.8. The molecule has 1 aliphatic rings. The van der Waals surface area contributed by atoms with Gasteiger partial charge in [-0.05, 0) is 56.4 Å². The molecule has 1 fully saturated rings. The maximum Gasteiger partial charge on any atom is 0.418 e. The fourth-order valence-electron chi connectivity index (χ4n) is 4.08. The Bertz CT molecular complexity index is 1390. The molecular formula is C28H28F7N5O2. The monoisotopic (exact) mass is 599 g/mol. The Kier molecular flexibility index (Phi) is 10.0. The van der Waals surface area contributed by atoms with Crippen LogP contribution in [0.4, 0.5) is 58.3 Å². The van der Waals surface area contributed by atoms with E-state index in [-0.39, 0.29) is 17.1 Å². The minimum atomic E-state index is -5.00. The van der Waals surface area contributed by atoms with Gasteiger partial charge in [-0.3, -0.25) is 4.79 Å². The molecule has 0 unspecified atom stereocenters. The average molecular weight is 600 g/mol. The lowest BCUT2D eigenvalue weighted by atomic mass is 10.1. The molecule has 3 rings (SSSR count). The van der Waals surface area contributed by atoms with Crippen LogP contribution < -0.4 is 20.9 Å². The number of anilines is 4. The van der Waals surface area contributed by atoms with Gasteiger partial charge >= 0.3 is 18.4 Å². The molecule has 0 radical (unpaired) electrons. The van der Waals surface area contributed by atoms with Crippen LogP contribution >= 0.6 is 0 Å². The number of piperazine rings is 1. The van der Waals surface area contributed by atoms with Gasteiger partial charge in [-0.1, -0.05) is 18.7 Å². The normalized spacial score (nSPS) is 15.3. The molecule has 14 heteroatoms. The predicted octanol–water partition coefficient (Wildman–Crippen LogP) is 7.04. The zero-order chi connectivity index (χ0) is 31.2. The molecule has 42 heavy (non-hydrogen) atoms. The first-order valence-electron chi connectivity index (χ1n) is 12.5. The van der Waals surface area contributed by atoms with Crippen molar-refractivity contribution in [2.75, 3.05) is 54.1 Å². The average Bonchev–Trinajstić information content (AvgIpc) is 2.91. The molecule has 0 bridgehead atoms. The molecule has 0 saturated carbocycles. The molecule has 3 amide bonds. The van der Waals surface area contributed by atoms with E-state index in [2.05, 4.69) is 17.2 Å². The Morgan fingerprint density at radius 2 is 1.52 bits per heavy atom. The van der Waals surface area contributed by atoms with Crippen LogP contribution in [0.2, 0.25) is 0 Å². The van der Waals surface area contributed by atoms with E-state index >= 15 is 0 Å². The van der Waals surface area contributed by atoms with Crippen LogP contribution in [-0.2, 0) is 17.1 Å². The fraction of sp³-hybridized carbons (Fsp3) is 0.286. The molecule has 1 aliphatic heterocycles. The fourth-order valence-corrected chi connectivity index (χ4v) is 4.08.